The molecule has 2 unspecified atom stereocenters. The molecular formula is C18H22N2O2. The van der Waals surface area contributed by atoms with Crippen molar-refractivity contribution in [1.82, 2.24) is 0 Å². The number of nitrogens with zero attached hydrogens (tertiary/aromatic N) is 2. The summed E-state index contributed by atoms with van der Waals surface area (Å²) in [7, 11) is 3.25. The molecule has 4 nitrogen and oxygen atoms in total. The number of benzene rings is 2. The van der Waals surface area contributed by atoms with Crippen LogP contribution in [0.5, 0.6) is 0 Å². The van der Waals surface area contributed by atoms with Crippen molar-refractivity contribution in [3.8, 4) is 0 Å². The summed E-state index contributed by atoms with van der Waals surface area (Å²) >= 11 is 0. The zero-order chi connectivity index (χ0) is 16.1. The highest BCUT2D eigenvalue weighted by Gasteiger charge is 2.30. The van der Waals surface area contributed by atoms with Crippen molar-refractivity contribution in [2.75, 3.05) is 14.2 Å². The van der Waals surface area contributed by atoms with E-state index in [4.69, 9.17) is 9.47 Å². The lowest BCUT2D eigenvalue weighted by atomic mass is 10.0. The Morgan fingerprint density at radius 1 is 0.636 bits per heavy atom. The first-order valence-electron chi connectivity index (χ1n) is 7.19. The molecule has 2 aromatic rings. The van der Waals surface area contributed by atoms with E-state index in [0.717, 1.165) is 11.1 Å². The van der Waals surface area contributed by atoms with Gasteiger partial charge < -0.3 is 9.47 Å². The molecule has 116 valence electrons. The Balaban J connectivity index is 2.35. The summed E-state index contributed by atoms with van der Waals surface area (Å²) in [5.74, 6) is 0. The predicted molar refractivity (Wildman–Crippen MR) is 86.5 cm³/mol. The van der Waals surface area contributed by atoms with E-state index >= 15 is 0 Å². The van der Waals surface area contributed by atoms with Crippen molar-refractivity contribution >= 4 is 0 Å². The molecule has 4 heteroatoms. The van der Waals surface area contributed by atoms with Crippen LogP contribution in [0.3, 0.4) is 0 Å². The molecule has 0 bridgehead atoms. The van der Waals surface area contributed by atoms with E-state index in [9.17, 15) is 0 Å². The maximum Gasteiger partial charge on any atom is 0.201 e. The van der Waals surface area contributed by atoms with Crippen molar-refractivity contribution in [3.05, 3.63) is 71.8 Å². The van der Waals surface area contributed by atoms with E-state index in [1.807, 2.05) is 74.5 Å². The highest BCUT2D eigenvalue weighted by atomic mass is 16.5. The van der Waals surface area contributed by atoms with Gasteiger partial charge in [0, 0.05) is 25.3 Å². The Morgan fingerprint density at radius 3 is 1.23 bits per heavy atom. The molecule has 0 saturated carbocycles. The normalized spacial score (nSPS) is 17.1. The van der Waals surface area contributed by atoms with Gasteiger partial charge in [0.05, 0.1) is 0 Å². The molecule has 0 aliphatic rings. The summed E-state index contributed by atoms with van der Waals surface area (Å²) in [6.45, 7) is 3.76. The fourth-order valence-electron chi connectivity index (χ4n) is 2.12. The maximum atomic E-state index is 5.58. The Morgan fingerprint density at radius 2 is 0.955 bits per heavy atom. The first-order chi connectivity index (χ1) is 10.5. The van der Waals surface area contributed by atoms with Crippen LogP contribution in [-0.2, 0) is 20.9 Å². The van der Waals surface area contributed by atoms with Gasteiger partial charge >= 0.3 is 0 Å². The predicted octanol–water partition coefficient (Wildman–Crippen LogP) is 4.48. The summed E-state index contributed by atoms with van der Waals surface area (Å²) in [5.41, 5.74) is 0.173. The van der Waals surface area contributed by atoms with Crippen molar-refractivity contribution < 1.29 is 9.47 Å². The van der Waals surface area contributed by atoms with Crippen molar-refractivity contribution in [3.63, 3.8) is 0 Å². The van der Waals surface area contributed by atoms with Crippen LogP contribution in [0.25, 0.3) is 0 Å². The first kappa shape index (κ1) is 16.3. The minimum Gasteiger partial charge on any atom is -0.352 e. The van der Waals surface area contributed by atoms with Gasteiger partial charge in [-0.1, -0.05) is 60.7 Å². The number of rotatable bonds is 6. The quantitative estimate of drug-likeness (QED) is 0.738. The van der Waals surface area contributed by atoms with Gasteiger partial charge in [-0.25, -0.2) is 0 Å². The average molecular weight is 298 g/mol. The summed E-state index contributed by atoms with van der Waals surface area (Å²) in [6, 6.07) is 19.6. The van der Waals surface area contributed by atoms with E-state index < -0.39 is 11.4 Å². The van der Waals surface area contributed by atoms with Crippen LogP contribution in [0.1, 0.15) is 25.0 Å². The second kappa shape index (κ2) is 6.81. The first-order valence-corrected chi connectivity index (χ1v) is 7.19. The second-order valence-electron chi connectivity index (χ2n) is 5.31. The zero-order valence-electron chi connectivity index (χ0n) is 13.5. The van der Waals surface area contributed by atoms with Crippen molar-refractivity contribution in [2.24, 2.45) is 10.2 Å². The topological polar surface area (TPSA) is 43.2 Å². The molecule has 0 aliphatic carbocycles. The fourth-order valence-corrected chi connectivity index (χ4v) is 2.12. The summed E-state index contributed by atoms with van der Waals surface area (Å²) in [4.78, 5) is 0. The van der Waals surface area contributed by atoms with Crippen LogP contribution in [0, 0.1) is 0 Å². The highest BCUT2D eigenvalue weighted by Crippen LogP contribution is 2.32. The van der Waals surface area contributed by atoms with Gasteiger partial charge in [0.15, 0.2) is 0 Å². The molecule has 0 amide bonds. The van der Waals surface area contributed by atoms with Crippen LogP contribution in [0.15, 0.2) is 70.9 Å². The van der Waals surface area contributed by atoms with E-state index in [2.05, 4.69) is 10.2 Å². The van der Waals surface area contributed by atoms with Crippen LogP contribution < -0.4 is 0 Å². The molecule has 0 spiro atoms. The Bertz CT molecular complexity index is 560. The van der Waals surface area contributed by atoms with E-state index in [-0.39, 0.29) is 0 Å². The number of azo groups is 1. The number of hydrogen-bond donors (Lipinski definition) is 0. The monoisotopic (exact) mass is 298 g/mol. The summed E-state index contributed by atoms with van der Waals surface area (Å²) in [5, 5.41) is 8.88. The Labute approximate surface area is 131 Å². The molecule has 2 aromatic carbocycles. The lowest BCUT2D eigenvalue weighted by Crippen LogP contribution is -2.25. The third kappa shape index (κ3) is 3.40. The van der Waals surface area contributed by atoms with Crippen LogP contribution in [0.4, 0.5) is 0 Å². The minimum absolute atomic E-state index is 0.851. The Kier molecular flexibility index (Phi) is 5.06. The molecule has 2 atom stereocenters. The van der Waals surface area contributed by atoms with E-state index in [1.165, 1.54) is 0 Å². The average Bonchev–Trinajstić information content (AvgIpc) is 2.61. The van der Waals surface area contributed by atoms with Crippen LogP contribution in [-0.4, -0.2) is 14.2 Å². The molecule has 2 rings (SSSR count). The van der Waals surface area contributed by atoms with E-state index in [1.54, 1.807) is 14.2 Å². The van der Waals surface area contributed by atoms with Crippen LogP contribution in [0.2, 0.25) is 0 Å². The largest absolute Gasteiger partial charge is 0.352 e. The Hall–Kier alpha value is -2.04. The fraction of sp³-hybridized carbons (Fsp3) is 0.333. The lowest BCUT2D eigenvalue weighted by Gasteiger charge is -2.27. The standard InChI is InChI=1S/C18H22N2O2/c1-17(21-3,15-11-7-5-8-12-15)19-20-18(2,22-4)16-13-9-6-10-14-16/h5-14H,1-4H3. The summed E-state index contributed by atoms with van der Waals surface area (Å²) < 4.78 is 11.2. The van der Waals surface area contributed by atoms with Gasteiger partial charge in [0.1, 0.15) is 0 Å². The van der Waals surface area contributed by atoms with Gasteiger partial charge in [-0.3, -0.25) is 0 Å². The SMILES string of the molecule is COC(C)(N=NC(C)(OC)c1ccccc1)c1ccccc1. The molecule has 0 saturated heterocycles. The van der Waals surface area contributed by atoms with Crippen molar-refractivity contribution in [2.45, 2.75) is 25.3 Å². The lowest BCUT2D eigenvalue weighted by molar-refractivity contribution is -0.0302. The minimum atomic E-state index is -0.851. The molecule has 0 aromatic heterocycles. The van der Waals surface area contributed by atoms with E-state index in [0.29, 0.717) is 0 Å². The molecule has 0 aliphatic heterocycles. The van der Waals surface area contributed by atoms with Gasteiger partial charge in [-0.05, 0) is 13.8 Å². The number of methoxy groups -OCH3 is 2. The number of hydrogen-bond acceptors (Lipinski definition) is 4. The number of ether oxygens (including phenoxy) is 2. The molecule has 0 fully saturated rings. The summed E-state index contributed by atoms with van der Waals surface area (Å²) in [6.07, 6.45) is 0. The van der Waals surface area contributed by atoms with Gasteiger partial charge in [-0.2, -0.15) is 10.2 Å². The van der Waals surface area contributed by atoms with Gasteiger partial charge in [0.25, 0.3) is 0 Å². The molecule has 22 heavy (non-hydrogen) atoms. The zero-order valence-corrected chi connectivity index (χ0v) is 13.5. The van der Waals surface area contributed by atoms with Crippen LogP contribution >= 0.6 is 0 Å². The molecule has 0 heterocycles. The maximum absolute atomic E-state index is 5.58. The third-order valence-electron chi connectivity index (χ3n) is 3.85. The smallest absolute Gasteiger partial charge is 0.201 e. The molecular weight excluding hydrogens is 276 g/mol. The third-order valence-corrected chi connectivity index (χ3v) is 3.85. The van der Waals surface area contributed by atoms with Crippen molar-refractivity contribution in [1.29, 1.82) is 0 Å². The molecule has 0 N–H and O–H groups in total. The van der Waals surface area contributed by atoms with Gasteiger partial charge in [0.2, 0.25) is 11.4 Å². The highest BCUT2D eigenvalue weighted by molar-refractivity contribution is 5.22. The second-order valence-corrected chi connectivity index (χ2v) is 5.31. The van der Waals surface area contributed by atoms with Gasteiger partial charge in [-0.15, -0.1) is 0 Å². The molecule has 0 radical (unpaired) electrons.